The standard InChI is InChI=1S/C19H16ClNO3S/c1-23-17-4-2-3-15(10-17)21-19(22)18-9-13(12-25-18)11-24-16-7-5-14(20)6-8-16/h2-10,12H,11H2,1H3,(H,21,22). The second kappa shape index (κ2) is 8.05. The number of anilines is 1. The fourth-order valence-corrected chi connectivity index (χ4v) is 3.08. The Morgan fingerprint density at radius 2 is 1.92 bits per heavy atom. The van der Waals surface area contributed by atoms with Crippen LogP contribution in [0, 0.1) is 0 Å². The number of rotatable bonds is 6. The van der Waals surface area contributed by atoms with E-state index >= 15 is 0 Å². The third-order valence-electron chi connectivity index (χ3n) is 3.42. The lowest BCUT2D eigenvalue weighted by Gasteiger charge is -2.06. The highest BCUT2D eigenvalue weighted by atomic mass is 35.5. The molecule has 6 heteroatoms. The molecule has 0 aliphatic heterocycles. The van der Waals surface area contributed by atoms with Gasteiger partial charge in [-0.25, -0.2) is 0 Å². The number of carbonyl (C=O) groups is 1. The molecule has 1 amide bonds. The van der Waals surface area contributed by atoms with Gasteiger partial charge in [-0.1, -0.05) is 17.7 Å². The van der Waals surface area contributed by atoms with Gasteiger partial charge in [0.25, 0.3) is 5.91 Å². The summed E-state index contributed by atoms with van der Waals surface area (Å²) in [5, 5.41) is 5.44. The van der Waals surface area contributed by atoms with Crippen molar-refractivity contribution in [1.29, 1.82) is 0 Å². The minimum Gasteiger partial charge on any atom is -0.497 e. The van der Waals surface area contributed by atoms with Gasteiger partial charge in [0.2, 0.25) is 0 Å². The fourth-order valence-electron chi connectivity index (χ4n) is 2.16. The van der Waals surface area contributed by atoms with Crippen molar-refractivity contribution in [3.05, 3.63) is 75.4 Å². The number of halogens is 1. The number of benzene rings is 2. The largest absolute Gasteiger partial charge is 0.497 e. The molecule has 1 heterocycles. The van der Waals surface area contributed by atoms with Gasteiger partial charge in [0.05, 0.1) is 12.0 Å². The number of amides is 1. The Morgan fingerprint density at radius 3 is 2.68 bits per heavy atom. The monoisotopic (exact) mass is 373 g/mol. The third-order valence-corrected chi connectivity index (χ3v) is 4.65. The van der Waals surface area contributed by atoms with Gasteiger partial charge in [0.15, 0.2) is 0 Å². The van der Waals surface area contributed by atoms with Crippen LogP contribution >= 0.6 is 22.9 Å². The summed E-state index contributed by atoms with van der Waals surface area (Å²) in [6, 6.07) is 16.2. The van der Waals surface area contributed by atoms with Gasteiger partial charge in [-0.15, -0.1) is 11.3 Å². The molecule has 25 heavy (non-hydrogen) atoms. The lowest BCUT2D eigenvalue weighted by atomic mass is 10.2. The molecule has 0 atom stereocenters. The SMILES string of the molecule is COc1cccc(NC(=O)c2cc(COc3ccc(Cl)cc3)cs2)c1. The second-order valence-corrected chi connectivity index (χ2v) is 6.60. The average molecular weight is 374 g/mol. The number of thiophene rings is 1. The van der Waals surface area contributed by atoms with Crippen molar-refractivity contribution >= 4 is 34.5 Å². The Hall–Kier alpha value is -2.50. The molecule has 0 unspecified atom stereocenters. The van der Waals surface area contributed by atoms with Gasteiger partial charge < -0.3 is 14.8 Å². The predicted octanol–water partition coefficient (Wildman–Crippen LogP) is 5.24. The van der Waals surface area contributed by atoms with Gasteiger partial charge in [0, 0.05) is 22.3 Å². The summed E-state index contributed by atoms with van der Waals surface area (Å²) in [7, 11) is 1.59. The molecule has 0 radical (unpaired) electrons. The van der Waals surface area contributed by atoms with E-state index in [1.54, 1.807) is 25.3 Å². The zero-order chi connectivity index (χ0) is 17.6. The normalized spacial score (nSPS) is 10.3. The van der Waals surface area contributed by atoms with Crippen molar-refractivity contribution in [2.75, 3.05) is 12.4 Å². The first kappa shape index (κ1) is 17.3. The van der Waals surface area contributed by atoms with Crippen LogP contribution < -0.4 is 14.8 Å². The smallest absolute Gasteiger partial charge is 0.265 e. The first-order valence-corrected chi connectivity index (χ1v) is 8.81. The quantitative estimate of drug-likeness (QED) is 0.642. The van der Waals surface area contributed by atoms with Crippen LogP contribution in [0.1, 0.15) is 15.2 Å². The third kappa shape index (κ3) is 4.75. The highest BCUT2D eigenvalue weighted by molar-refractivity contribution is 7.12. The Balaban J connectivity index is 1.60. The van der Waals surface area contributed by atoms with E-state index in [1.807, 2.05) is 41.8 Å². The molecule has 0 aliphatic carbocycles. The van der Waals surface area contributed by atoms with Crippen LogP contribution in [-0.4, -0.2) is 13.0 Å². The first-order chi connectivity index (χ1) is 12.1. The van der Waals surface area contributed by atoms with Crippen LogP contribution in [0.15, 0.2) is 60.0 Å². The molecule has 128 valence electrons. The molecule has 0 saturated heterocycles. The molecule has 3 rings (SSSR count). The van der Waals surface area contributed by atoms with E-state index in [9.17, 15) is 4.79 Å². The Kier molecular flexibility index (Phi) is 5.58. The Morgan fingerprint density at radius 1 is 1.12 bits per heavy atom. The molecule has 3 aromatic rings. The lowest BCUT2D eigenvalue weighted by molar-refractivity contribution is 0.103. The molecule has 1 N–H and O–H groups in total. The number of ether oxygens (including phenoxy) is 2. The van der Waals surface area contributed by atoms with Gasteiger partial charge in [-0.3, -0.25) is 4.79 Å². The first-order valence-electron chi connectivity index (χ1n) is 7.55. The summed E-state index contributed by atoms with van der Waals surface area (Å²) in [6.45, 7) is 0.393. The maximum atomic E-state index is 12.3. The summed E-state index contributed by atoms with van der Waals surface area (Å²) in [5.74, 6) is 1.27. The van der Waals surface area contributed by atoms with Crippen molar-refractivity contribution < 1.29 is 14.3 Å². The van der Waals surface area contributed by atoms with E-state index in [2.05, 4.69) is 5.32 Å². The Bertz CT molecular complexity index is 861. The number of hydrogen-bond acceptors (Lipinski definition) is 4. The number of hydrogen-bond donors (Lipinski definition) is 1. The minimum absolute atomic E-state index is 0.156. The fraction of sp³-hybridized carbons (Fsp3) is 0.105. The summed E-state index contributed by atoms with van der Waals surface area (Å²) in [6.07, 6.45) is 0. The maximum Gasteiger partial charge on any atom is 0.265 e. The lowest BCUT2D eigenvalue weighted by Crippen LogP contribution is -2.10. The van der Waals surface area contributed by atoms with Gasteiger partial charge in [-0.05, 0) is 47.8 Å². The van der Waals surface area contributed by atoms with Crippen LogP contribution in [0.25, 0.3) is 0 Å². The molecular weight excluding hydrogens is 358 g/mol. The van der Waals surface area contributed by atoms with E-state index in [-0.39, 0.29) is 5.91 Å². The van der Waals surface area contributed by atoms with Crippen molar-refractivity contribution in [2.45, 2.75) is 6.61 Å². The molecule has 0 bridgehead atoms. The summed E-state index contributed by atoms with van der Waals surface area (Å²) >= 11 is 7.23. The summed E-state index contributed by atoms with van der Waals surface area (Å²) in [5.41, 5.74) is 1.63. The van der Waals surface area contributed by atoms with Crippen molar-refractivity contribution in [2.24, 2.45) is 0 Å². The number of carbonyl (C=O) groups excluding carboxylic acids is 1. The van der Waals surface area contributed by atoms with E-state index in [0.29, 0.717) is 27.9 Å². The van der Waals surface area contributed by atoms with Crippen molar-refractivity contribution in [3.8, 4) is 11.5 Å². The molecular formula is C19H16ClNO3S. The zero-order valence-corrected chi connectivity index (χ0v) is 15.1. The molecule has 0 saturated carbocycles. The van der Waals surface area contributed by atoms with Gasteiger partial charge in [-0.2, -0.15) is 0 Å². The van der Waals surface area contributed by atoms with Gasteiger partial charge >= 0.3 is 0 Å². The molecule has 4 nitrogen and oxygen atoms in total. The average Bonchev–Trinajstić information content (AvgIpc) is 3.10. The van der Waals surface area contributed by atoms with Gasteiger partial charge in [0.1, 0.15) is 18.1 Å². The van der Waals surface area contributed by atoms with Crippen molar-refractivity contribution in [3.63, 3.8) is 0 Å². The maximum absolute atomic E-state index is 12.3. The summed E-state index contributed by atoms with van der Waals surface area (Å²) in [4.78, 5) is 13.0. The van der Waals surface area contributed by atoms with Crippen LogP contribution in [0.5, 0.6) is 11.5 Å². The number of methoxy groups -OCH3 is 1. The van der Waals surface area contributed by atoms with E-state index < -0.39 is 0 Å². The van der Waals surface area contributed by atoms with Crippen LogP contribution in [0.3, 0.4) is 0 Å². The highest BCUT2D eigenvalue weighted by Crippen LogP contribution is 2.22. The molecule has 2 aromatic carbocycles. The molecule has 0 spiro atoms. The molecule has 0 fully saturated rings. The number of nitrogens with one attached hydrogen (secondary N) is 1. The van der Waals surface area contributed by atoms with E-state index in [1.165, 1.54) is 11.3 Å². The minimum atomic E-state index is -0.156. The predicted molar refractivity (Wildman–Crippen MR) is 101 cm³/mol. The van der Waals surface area contributed by atoms with Crippen LogP contribution in [0.2, 0.25) is 5.02 Å². The zero-order valence-electron chi connectivity index (χ0n) is 13.5. The Labute approximate surface area is 155 Å². The van der Waals surface area contributed by atoms with Crippen LogP contribution in [-0.2, 0) is 6.61 Å². The van der Waals surface area contributed by atoms with Crippen molar-refractivity contribution in [1.82, 2.24) is 0 Å². The topological polar surface area (TPSA) is 47.6 Å². The van der Waals surface area contributed by atoms with Crippen LogP contribution in [0.4, 0.5) is 5.69 Å². The van der Waals surface area contributed by atoms with E-state index in [4.69, 9.17) is 21.1 Å². The van der Waals surface area contributed by atoms with E-state index in [0.717, 1.165) is 11.3 Å². The summed E-state index contributed by atoms with van der Waals surface area (Å²) < 4.78 is 10.8. The molecule has 1 aromatic heterocycles. The molecule has 0 aliphatic rings. The highest BCUT2D eigenvalue weighted by Gasteiger charge is 2.10. The second-order valence-electron chi connectivity index (χ2n) is 5.25.